The lowest BCUT2D eigenvalue weighted by atomic mass is 10.1. The SMILES string of the molecule is CNc1ncnc(NCC2CCSC2)c1OC. The van der Waals surface area contributed by atoms with Crippen LogP contribution in [0.5, 0.6) is 5.75 Å². The van der Waals surface area contributed by atoms with Gasteiger partial charge >= 0.3 is 0 Å². The minimum absolute atomic E-state index is 0.681. The van der Waals surface area contributed by atoms with E-state index in [1.54, 1.807) is 13.4 Å². The summed E-state index contributed by atoms with van der Waals surface area (Å²) in [5.41, 5.74) is 0. The number of hydrogen-bond acceptors (Lipinski definition) is 6. The topological polar surface area (TPSA) is 59.1 Å². The predicted octanol–water partition coefficient (Wildman–Crippen LogP) is 1.69. The molecule has 1 aliphatic rings. The third kappa shape index (κ3) is 2.94. The van der Waals surface area contributed by atoms with Crippen LogP contribution in [0.2, 0.25) is 0 Å². The van der Waals surface area contributed by atoms with Crippen molar-refractivity contribution in [1.29, 1.82) is 0 Å². The molecule has 2 rings (SSSR count). The van der Waals surface area contributed by atoms with Gasteiger partial charge in [0.05, 0.1) is 7.11 Å². The normalized spacial score (nSPS) is 19.1. The summed E-state index contributed by atoms with van der Waals surface area (Å²) in [6.45, 7) is 0.948. The van der Waals surface area contributed by atoms with E-state index in [9.17, 15) is 0 Å². The minimum atomic E-state index is 0.681. The first-order chi connectivity index (χ1) is 8.35. The van der Waals surface area contributed by atoms with Crippen LogP contribution < -0.4 is 15.4 Å². The molecular weight excluding hydrogens is 236 g/mol. The third-order valence-corrected chi connectivity index (χ3v) is 4.06. The van der Waals surface area contributed by atoms with Gasteiger partial charge in [0.25, 0.3) is 0 Å². The molecule has 94 valence electrons. The fourth-order valence-corrected chi connectivity index (χ4v) is 3.14. The van der Waals surface area contributed by atoms with Crippen LogP contribution >= 0.6 is 11.8 Å². The van der Waals surface area contributed by atoms with Crippen molar-refractivity contribution in [3.05, 3.63) is 6.33 Å². The first kappa shape index (κ1) is 12.3. The Bertz CT molecular complexity index is 368. The highest BCUT2D eigenvalue weighted by Crippen LogP contribution is 2.29. The predicted molar refractivity (Wildman–Crippen MR) is 72.1 cm³/mol. The summed E-state index contributed by atoms with van der Waals surface area (Å²) in [4.78, 5) is 8.34. The van der Waals surface area contributed by atoms with Crippen LogP contribution in [-0.4, -0.2) is 42.2 Å². The number of thioether (sulfide) groups is 1. The molecule has 1 aromatic rings. The molecule has 5 nitrogen and oxygen atoms in total. The number of aromatic nitrogens is 2. The Balaban J connectivity index is 2.03. The summed E-state index contributed by atoms with van der Waals surface area (Å²) in [5.74, 6) is 5.40. The van der Waals surface area contributed by atoms with Crippen molar-refractivity contribution in [3.8, 4) is 5.75 Å². The van der Waals surface area contributed by atoms with Crippen LogP contribution in [0.15, 0.2) is 6.33 Å². The Labute approximate surface area is 106 Å². The zero-order valence-electron chi connectivity index (χ0n) is 10.2. The van der Waals surface area contributed by atoms with E-state index in [-0.39, 0.29) is 0 Å². The maximum atomic E-state index is 5.33. The summed E-state index contributed by atoms with van der Waals surface area (Å²) in [6.07, 6.45) is 2.82. The van der Waals surface area contributed by atoms with E-state index in [0.29, 0.717) is 11.6 Å². The molecule has 1 saturated heterocycles. The second-order valence-electron chi connectivity index (χ2n) is 3.96. The Kier molecular flexibility index (Phi) is 4.30. The first-order valence-corrected chi connectivity index (χ1v) is 6.89. The van der Waals surface area contributed by atoms with E-state index in [2.05, 4.69) is 20.6 Å². The standard InChI is InChI=1S/C11H18N4OS/c1-12-10-9(16-2)11(15-7-14-10)13-5-8-3-4-17-6-8/h7-8H,3-6H2,1-2H3,(H2,12,13,14,15). The fraction of sp³-hybridized carbons (Fsp3) is 0.636. The highest BCUT2D eigenvalue weighted by atomic mass is 32.2. The van der Waals surface area contributed by atoms with E-state index in [1.165, 1.54) is 17.9 Å². The lowest BCUT2D eigenvalue weighted by molar-refractivity contribution is 0.414. The van der Waals surface area contributed by atoms with E-state index in [4.69, 9.17) is 4.74 Å². The van der Waals surface area contributed by atoms with Gasteiger partial charge in [0.1, 0.15) is 6.33 Å². The van der Waals surface area contributed by atoms with Crippen molar-refractivity contribution in [1.82, 2.24) is 9.97 Å². The van der Waals surface area contributed by atoms with E-state index < -0.39 is 0 Å². The zero-order chi connectivity index (χ0) is 12.1. The second kappa shape index (κ2) is 5.95. The maximum Gasteiger partial charge on any atom is 0.204 e. The molecule has 0 amide bonds. The third-order valence-electron chi connectivity index (χ3n) is 2.83. The van der Waals surface area contributed by atoms with Crippen molar-refractivity contribution in [2.45, 2.75) is 6.42 Å². The van der Waals surface area contributed by atoms with Gasteiger partial charge in [-0.15, -0.1) is 0 Å². The molecule has 0 saturated carbocycles. The van der Waals surface area contributed by atoms with Crippen LogP contribution in [0.1, 0.15) is 6.42 Å². The molecule has 1 aromatic heterocycles. The van der Waals surface area contributed by atoms with Crippen molar-refractivity contribution < 1.29 is 4.74 Å². The van der Waals surface area contributed by atoms with E-state index in [1.807, 2.05) is 18.8 Å². The van der Waals surface area contributed by atoms with Gasteiger partial charge in [0.15, 0.2) is 11.6 Å². The van der Waals surface area contributed by atoms with Gasteiger partial charge in [-0.05, 0) is 23.8 Å². The van der Waals surface area contributed by atoms with Crippen LogP contribution in [0.25, 0.3) is 0 Å². The van der Waals surface area contributed by atoms with Crippen molar-refractivity contribution in [2.24, 2.45) is 5.92 Å². The average molecular weight is 254 g/mol. The van der Waals surface area contributed by atoms with Gasteiger partial charge in [-0.1, -0.05) is 0 Å². The molecule has 0 aliphatic carbocycles. The van der Waals surface area contributed by atoms with Crippen molar-refractivity contribution in [3.63, 3.8) is 0 Å². The number of ether oxygens (including phenoxy) is 1. The van der Waals surface area contributed by atoms with E-state index >= 15 is 0 Å². The number of nitrogens with one attached hydrogen (secondary N) is 2. The molecule has 1 fully saturated rings. The van der Waals surface area contributed by atoms with Crippen LogP contribution in [0, 0.1) is 5.92 Å². The monoisotopic (exact) mass is 254 g/mol. The highest BCUT2D eigenvalue weighted by Gasteiger charge is 2.17. The molecule has 2 heterocycles. The van der Waals surface area contributed by atoms with Gasteiger partial charge in [-0.2, -0.15) is 11.8 Å². The van der Waals surface area contributed by atoms with Gasteiger partial charge < -0.3 is 15.4 Å². The summed E-state index contributed by atoms with van der Waals surface area (Å²) >= 11 is 2.02. The minimum Gasteiger partial charge on any atom is -0.490 e. The molecule has 0 radical (unpaired) electrons. The summed E-state index contributed by atoms with van der Waals surface area (Å²) in [6, 6.07) is 0. The van der Waals surface area contributed by atoms with Crippen molar-refractivity contribution in [2.75, 3.05) is 42.8 Å². The number of rotatable bonds is 5. The van der Waals surface area contributed by atoms with Gasteiger partial charge in [0.2, 0.25) is 5.75 Å². The Morgan fingerprint density at radius 1 is 1.47 bits per heavy atom. The second-order valence-corrected chi connectivity index (χ2v) is 5.11. The maximum absolute atomic E-state index is 5.33. The number of methoxy groups -OCH3 is 1. The molecule has 1 aliphatic heterocycles. The molecule has 1 atom stereocenters. The van der Waals surface area contributed by atoms with Gasteiger partial charge in [-0.25, -0.2) is 9.97 Å². The lowest BCUT2D eigenvalue weighted by Gasteiger charge is -2.14. The van der Waals surface area contributed by atoms with Crippen LogP contribution in [0.3, 0.4) is 0 Å². The summed E-state index contributed by atoms with van der Waals surface area (Å²) in [7, 11) is 3.46. The van der Waals surface area contributed by atoms with Gasteiger partial charge in [0, 0.05) is 13.6 Å². The average Bonchev–Trinajstić information content (AvgIpc) is 2.88. The van der Waals surface area contributed by atoms with Crippen LogP contribution in [-0.2, 0) is 0 Å². The highest BCUT2D eigenvalue weighted by molar-refractivity contribution is 7.99. The largest absolute Gasteiger partial charge is 0.490 e. The molecule has 0 aromatic carbocycles. The number of anilines is 2. The zero-order valence-corrected chi connectivity index (χ0v) is 11.0. The Morgan fingerprint density at radius 2 is 2.29 bits per heavy atom. The summed E-state index contributed by atoms with van der Waals surface area (Å²) < 4.78 is 5.33. The molecule has 0 bridgehead atoms. The molecule has 2 N–H and O–H groups in total. The number of nitrogens with zero attached hydrogens (tertiary/aromatic N) is 2. The molecule has 17 heavy (non-hydrogen) atoms. The Hall–Kier alpha value is -1.17. The fourth-order valence-electron chi connectivity index (χ4n) is 1.86. The van der Waals surface area contributed by atoms with Gasteiger partial charge in [-0.3, -0.25) is 0 Å². The van der Waals surface area contributed by atoms with Crippen LogP contribution in [0.4, 0.5) is 11.6 Å². The molecule has 6 heteroatoms. The Morgan fingerprint density at radius 3 is 2.94 bits per heavy atom. The first-order valence-electron chi connectivity index (χ1n) is 5.73. The van der Waals surface area contributed by atoms with E-state index in [0.717, 1.165) is 18.3 Å². The smallest absolute Gasteiger partial charge is 0.204 e. The molecule has 0 spiro atoms. The summed E-state index contributed by atoms with van der Waals surface area (Å²) in [5, 5.41) is 6.35. The molecule has 1 unspecified atom stereocenters. The van der Waals surface area contributed by atoms with Crippen molar-refractivity contribution >= 4 is 23.4 Å². The molecular formula is C11H18N4OS. The quantitative estimate of drug-likeness (QED) is 0.834. The lowest BCUT2D eigenvalue weighted by Crippen LogP contribution is -2.15. The number of hydrogen-bond donors (Lipinski definition) is 2.